The molecule has 18 heavy (non-hydrogen) atoms. The topological polar surface area (TPSA) is 42.9 Å². The maximum Gasteiger partial charge on any atom is 0.191 e. The highest BCUT2D eigenvalue weighted by atomic mass is 35.5. The van der Waals surface area contributed by atoms with E-state index in [1.807, 2.05) is 0 Å². The fourth-order valence-corrected chi connectivity index (χ4v) is 1.90. The first kappa shape index (κ1) is 12.8. The van der Waals surface area contributed by atoms with Gasteiger partial charge in [0.05, 0.1) is 0 Å². The van der Waals surface area contributed by atoms with Crippen molar-refractivity contribution < 1.29 is 4.79 Å². The van der Waals surface area contributed by atoms with E-state index >= 15 is 0 Å². The van der Waals surface area contributed by atoms with Crippen LogP contribution in [0.15, 0.2) is 59.4 Å². The largest absolute Gasteiger partial charge is 0.289 e. The Kier molecular flexibility index (Phi) is 4.50. The second kappa shape index (κ2) is 6.33. The van der Waals surface area contributed by atoms with Crippen molar-refractivity contribution in [3.05, 3.63) is 64.8 Å². The van der Waals surface area contributed by atoms with E-state index in [0.29, 0.717) is 15.7 Å². The van der Waals surface area contributed by atoms with Crippen molar-refractivity contribution in [3.63, 3.8) is 0 Å². The summed E-state index contributed by atoms with van der Waals surface area (Å²) in [6.45, 7) is 0. The third-order valence-electron chi connectivity index (χ3n) is 2.06. The minimum Gasteiger partial charge on any atom is -0.289 e. The Hall–Kier alpha value is -1.65. The van der Waals surface area contributed by atoms with Crippen LogP contribution in [0.2, 0.25) is 5.02 Å². The van der Waals surface area contributed by atoms with E-state index in [4.69, 9.17) is 11.6 Å². The quantitative estimate of drug-likeness (QED) is 0.370. The lowest BCUT2D eigenvalue weighted by atomic mass is 10.1. The second-order valence-corrected chi connectivity index (χ2v) is 4.63. The predicted molar refractivity (Wildman–Crippen MR) is 72.8 cm³/mol. The van der Waals surface area contributed by atoms with Gasteiger partial charge in [-0.15, -0.1) is 0 Å². The third-order valence-corrected chi connectivity index (χ3v) is 3.01. The number of nitrogens with zero attached hydrogens (tertiary/aromatic N) is 2. The summed E-state index contributed by atoms with van der Waals surface area (Å²) in [6.07, 6.45) is 4.80. The molecule has 0 atom stereocenters. The molecule has 0 saturated carbocycles. The number of thioether (sulfide) groups is 1. The zero-order valence-electron chi connectivity index (χ0n) is 9.29. The fraction of sp³-hybridized carbons (Fsp3) is 0. The predicted octanol–water partition coefficient (Wildman–Crippen LogP) is 3.62. The highest BCUT2D eigenvalue weighted by Crippen LogP contribution is 2.14. The summed E-state index contributed by atoms with van der Waals surface area (Å²) in [4.78, 5) is 19.8. The van der Waals surface area contributed by atoms with E-state index < -0.39 is 0 Å². The molecule has 90 valence electrons. The molecule has 2 rings (SSSR count). The van der Waals surface area contributed by atoms with E-state index in [9.17, 15) is 4.79 Å². The first-order valence-corrected chi connectivity index (χ1v) is 6.41. The van der Waals surface area contributed by atoms with Crippen LogP contribution in [0, 0.1) is 0 Å². The molecule has 0 radical (unpaired) electrons. The lowest BCUT2D eigenvalue weighted by Crippen LogP contribution is -1.92. The molecule has 0 saturated heterocycles. The fourth-order valence-electron chi connectivity index (χ4n) is 1.21. The van der Waals surface area contributed by atoms with Crippen LogP contribution in [-0.4, -0.2) is 15.8 Å². The summed E-state index contributed by atoms with van der Waals surface area (Å²) in [7, 11) is 0. The molecule has 3 nitrogen and oxygen atoms in total. The number of carbonyl (C=O) groups excluding carboxylic acids is 1. The van der Waals surface area contributed by atoms with Crippen LogP contribution >= 0.6 is 23.4 Å². The maximum atomic E-state index is 11.8. The summed E-state index contributed by atoms with van der Waals surface area (Å²) in [5.74, 6) is -0.0740. The molecule has 0 N–H and O–H groups in total. The number of benzene rings is 1. The molecule has 0 aliphatic heterocycles. The molecule has 0 aliphatic carbocycles. The summed E-state index contributed by atoms with van der Waals surface area (Å²) in [6, 6.07) is 8.51. The van der Waals surface area contributed by atoms with Gasteiger partial charge in [-0.2, -0.15) is 0 Å². The van der Waals surface area contributed by atoms with Gasteiger partial charge < -0.3 is 0 Å². The number of halogens is 1. The van der Waals surface area contributed by atoms with Crippen molar-refractivity contribution >= 4 is 29.1 Å². The van der Waals surface area contributed by atoms with Gasteiger partial charge in [0.1, 0.15) is 0 Å². The molecule has 0 aliphatic rings. The van der Waals surface area contributed by atoms with Gasteiger partial charge in [0.25, 0.3) is 0 Å². The number of ketones is 1. The summed E-state index contributed by atoms with van der Waals surface area (Å²) >= 11 is 7.05. The third kappa shape index (κ3) is 3.68. The smallest absolute Gasteiger partial charge is 0.191 e. The Morgan fingerprint density at radius 1 is 1.17 bits per heavy atom. The molecule has 2 aromatic rings. The normalized spacial score (nSPS) is 10.7. The molecular weight excluding hydrogens is 268 g/mol. The van der Waals surface area contributed by atoms with Crippen molar-refractivity contribution in [3.8, 4) is 0 Å². The molecule has 0 bridgehead atoms. The van der Waals surface area contributed by atoms with Gasteiger partial charge in [-0.1, -0.05) is 23.4 Å². The number of aromatic nitrogens is 2. The van der Waals surface area contributed by atoms with Crippen LogP contribution in [0.4, 0.5) is 0 Å². The maximum absolute atomic E-state index is 11.8. The van der Waals surface area contributed by atoms with E-state index in [1.54, 1.807) is 48.1 Å². The minimum atomic E-state index is -0.0740. The first-order chi connectivity index (χ1) is 8.75. The molecule has 0 unspecified atom stereocenters. The zero-order valence-corrected chi connectivity index (χ0v) is 10.9. The monoisotopic (exact) mass is 276 g/mol. The molecule has 0 spiro atoms. The second-order valence-electron chi connectivity index (χ2n) is 3.32. The molecule has 5 heteroatoms. The standard InChI is InChI=1S/C13H9ClN2OS/c14-11-4-2-10(3-5-11)12(17)6-9-18-13-15-7-1-8-16-13/h1-9H/b9-6+. The van der Waals surface area contributed by atoms with E-state index in [2.05, 4.69) is 9.97 Å². The lowest BCUT2D eigenvalue weighted by molar-refractivity contribution is 0.104. The Labute approximate surface area is 114 Å². The average molecular weight is 277 g/mol. The molecular formula is C13H9ClN2OS. The number of allylic oxidation sites excluding steroid dienone is 1. The molecule has 0 fully saturated rings. The van der Waals surface area contributed by atoms with Gasteiger partial charge in [-0.3, -0.25) is 4.79 Å². The van der Waals surface area contributed by atoms with Crippen LogP contribution in [-0.2, 0) is 0 Å². The summed E-state index contributed by atoms with van der Waals surface area (Å²) in [5.41, 5.74) is 0.602. The van der Waals surface area contributed by atoms with Gasteiger partial charge in [0.15, 0.2) is 10.9 Å². The Balaban J connectivity index is 1.97. The lowest BCUT2D eigenvalue weighted by Gasteiger charge is -1.95. The van der Waals surface area contributed by atoms with Gasteiger partial charge in [0, 0.05) is 23.0 Å². The van der Waals surface area contributed by atoms with Crippen molar-refractivity contribution in [2.45, 2.75) is 5.16 Å². The number of hydrogen-bond acceptors (Lipinski definition) is 4. The minimum absolute atomic E-state index is 0.0740. The highest BCUT2D eigenvalue weighted by Gasteiger charge is 2.01. The molecule has 1 heterocycles. The SMILES string of the molecule is O=C(/C=C/Sc1ncccn1)c1ccc(Cl)cc1. The number of hydrogen-bond donors (Lipinski definition) is 0. The number of carbonyl (C=O) groups is 1. The van der Waals surface area contributed by atoms with E-state index in [0.717, 1.165) is 0 Å². The van der Waals surface area contributed by atoms with Crippen LogP contribution in [0.3, 0.4) is 0 Å². The molecule has 1 aromatic carbocycles. The van der Waals surface area contributed by atoms with Gasteiger partial charge in [-0.05, 0) is 41.8 Å². The Morgan fingerprint density at radius 3 is 2.50 bits per heavy atom. The van der Waals surface area contributed by atoms with Crippen molar-refractivity contribution in [1.29, 1.82) is 0 Å². The van der Waals surface area contributed by atoms with Crippen molar-refractivity contribution in [2.75, 3.05) is 0 Å². The number of rotatable bonds is 4. The van der Waals surface area contributed by atoms with E-state index in [1.165, 1.54) is 17.8 Å². The Bertz CT molecular complexity index is 555. The van der Waals surface area contributed by atoms with Gasteiger partial charge in [-0.25, -0.2) is 9.97 Å². The highest BCUT2D eigenvalue weighted by molar-refractivity contribution is 8.02. The van der Waals surface area contributed by atoms with Crippen LogP contribution in [0.25, 0.3) is 0 Å². The first-order valence-electron chi connectivity index (χ1n) is 5.16. The molecule has 1 aromatic heterocycles. The Morgan fingerprint density at radius 2 is 1.83 bits per heavy atom. The summed E-state index contributed by atoms with van der Waals surface area (Å²) < 4.78 is 0. The van der Waals surface area contributed by atoms with Crippen LogP contribution < -0.4 is 0 Å². The molecule has 0 amide bonds. The van der Waals surface area contributed by atoms with Crippen LogP contribution in [0.5, 0.6) is 0 Å². The van der Waals surface area contributed by atoms with Crippen molar-refractivity contribution in [2.24, 2.45) is 0 Å². The van der Waals surface area contributed by atoms with E-state index in [-0.39, 0.29) is 5.78 Å². The average Bonchev–Trinajstić information content (AvgIpc) is 2.40. The van der Waals surface area contributed by atoms with Crippen molar-refractivity contribution in [1.82, 2.24) is 9.97 Å². The van der Waals surface area contributed by atoms with Gasteiger partial charge >= 0.3 is 0 Å². The zero-order chi connectivity index (χ0) is 12.8. The summed E-state index contributed by atoms with van der Waals surface area (Å²) in [5, 5.41) is 2.90. The van der Waals surface area contributed by atoms with Crippen LogP contribution in [0.1, 0.15) is 10.4 Å². The van der Waals surface area contributed by atoms with Gasteiger partial charge in [0.2, 0.25) is 0 Å².